The summed E-state index contributed by atoms with van der Waals surface area (Å²) in [5, 5.41) is 4.21. The van der Waals surface area contributed by atoms with Crippen molar-refractivity contribution in [1.82, 2.24) is 5.32 Å². The van der Waals surface area contributed by atoms with Gasteiger partial charge in [0.1, 0.15) is 11.9 Å². The molecule has 2 atom stereocenters. The third-order valence-electron chi connectivity index (χ3n) is 4.06. The Hall–Kier alpha value is -1.51. The molecule has 0 radical (unpaired) electrons. The van der Waals surface area contributed by atoms with Crippen LogP contribution in [0.1, 0.15) is 35.2 Å². The zero-order chi connectivity index (χ0) is 15.0. The number of rotatable bonds is 3. The summed E-state index contributed by atoms with van der Waals surface area (Å²) in [4.78, 5) is 0. The predicted molar refractivity (Wildman–Crippen MR) is 87.3 cm³/mol. The van der Waals surface area contributed by atoms with Gasteiger partial charge in [-0.2, -0.15) is 0 Å². The molecule has 0 bridgehead atoms. The molecule has 1 aliphatic heterocycles. The Morgan fingerprint density at radius 2 is 1.90 bits per heavy atom. The first-order chi connectivity index (χ1) is 10.1. The van der Waals surface area contributed by atoms with Crippen LogP contribution in [0, 0.1) is 6.92 Å². The molecular formula is C18H20ClNO. The summed E-state index contributed by atoms with van der Waals surface area (Å²) in [7, 11) is 1.99. The van der Waals surface area contributed by atoms with Crippen LogP contribution in [0.25, 0.3) is 0 Å². The molecular weight excluding hydrogens is 282 g/mol. The Morgan fingerprint density at radius 3 is 2.62 bits per heavy atom. The third kappa shape index (κ3) is 2.78. The van der Waals surface area contributed by atoms with E-state index in [-0.39, 0.29) is 12.1 Å². The molecule has 1 aliphatic rings. The molecule has 2 nitrogen and oxygen atoms in total. The minimum absolute atomic E-state index is 0.169. The molecule has 21 heavy (non-hydrogen) atoms. The quantitative estimate of drug-likeness (QED) is 0.913. The van der Waals surface area contributed by atoms with Gasteiger partial charge in [-0.25, -0.2) is 0 Å². The standard InChI is InChI=1S/C18H20ClNO/c1-11-8-13(4-6-16(11)19)18(20-3)14-5-7-17-15(10-14)9-12(2)21-17/h4-8,10,12,18,20H,9H2,1-3H3. The molecule has 1 heterocycles. The van der Waals surface area contributed by atoms with Gasteiger partial charge in [0.25, 0.3) is 0 Å². The second-order valence-corrected chi connectivity index (χ2v) is 6.14. The molecule has 0 aliphatic carbocycles. The summed E-state index contributed by atoms with van der Waals surface area (Å²) in [6.45, 7) is 4.15. The smallest absolute Gasteiger partial charge is 0.123 e. The van der Waals surface area contributed by atoms with E-state index < -0.39 is 0 Å². The van der Waals surface area contributed by atoms with Crippen molar-refractivity contribution in [2.75, 3.05) is 7.05 Å². The Balaban J connectivity index is 1.97. The highest BCUT2D eigenvalue weighted by Crippen LogP contribution is 2.33. The van der Waals surface area contributed by atoms with E-state index in [9.17, 15) is 0 Å². The van der Waals surface area contributed by atoms with E-state index in [2.05, 4.69) is 42.6 Å². The van der Waals surface area contributed by atoms with Crippen molar-refractivity contribution in [1.29, 1.82) is 0 Å². The molecule has 110 valence electrons. The van der Waals surface area contributed by atoms with Crippen molar-refractivity contribution >= 4 is 11.6 Å². The van der Waals surface area contributed by atoms with Gasteiger partial charge in [-0.3, -0.25) is 0 Å². The van der Waals surface area contributed by atoms with E-state index >= 15 is 0 Å². The number of benzene rings is 2. The molecule has 0 fully saturated rings. The minimum Gasteiger partial charge on any atom is -0.490 e. The SMILES string of the molecule is CNC(c1ccc(Cl)c(C)c1)c1ccc2c(c1)CC(C)O2. The van der Waals surface area contributed by atoms with Gasteiger partial charge in [0.15, 0.2) is 0 Å². The van der Waals surface area contributed by atoms with E-state index in [0.29, 0.717) is 0 Å². The van der Waals surface area contributed by atoms with Gasteiger partial charge in [-0.05, 0) is 55.3 Å². The molecule has 2 aromatic rings. The average Bonchev–Trinajstić information content (AvgIpc) is 2.83. The van der Waals surface area contributed by atoms with Crippen LogP contribution >= 0.6 is 11.6 Å². The van der Waals surface area contributed by atoms with Crippen LogP contribution in [-0.2, 0) is 6.42 Å². The van der Waals surface area contributed by atoms with E-state index in [1.807, 2.05) is 20.0 Å². The number of hydrogen-bond donors (Lipinski definition) is 1. The first-order valence-electron chi connectivity index (χ1n) is 7.31. The topological polar surface area (TPSA) is 21.3 Å². The lowest BCUT2D eigenvalue weighted by molar-refractivity contribution is 0.254. The van der Waals surface area contributed by atoms with Gasteiger partial charge < -0.3 is 10.1 Å². The van der Waals surface area contributed by atoms with Gasteiger partial charge in [0.2, 0.25) is 0 Å². The lowest BCUT2D eigenvalue weighted by atomic mass is 9.95. The van der Waals surface area contributed by atoms with Crippen LogP contribution < -0.4 is 10.1 Å². The Bertz CT molecular complexity index is 668. The van der Waals surface area contributed by atoms with Gasteiger partial charge in [-0.1, -0.05) is 35.9 Å². The maximum atomic E-state index is 6.13. The zero-order valence-electron chi connectivity index (χ0n) is 12.6. The maximum Gasteiger partial charge on any atom is 0.123 e. The molecule has 1 N–H and O–H groups in total. The number of fused-ring (bicyclic) bond motifs is 1. The fraction of sp³-hybridized carbons (Fsp3) is 0.333. The molecule has 3 heteroatoms. The highest BCUT2D eigenvalue weighted by molar-refractivity contribution is 6.31. The van der Waals surface area contributed by atoms with Crippen molar-refractivity contribution in [2.24, 2.45) is 0 Å². The Kier molecular flexibility index (Phi) is 3.92. The summed E-state index contributed by atoms with van der Waals surface area (Å²) in [6, 6.07) is 12.9. The third-order valence-corrected chi connectivity index (χ3v) is 4.48. The summed E-state index contributed by atoms with van der Waals surface area (Å²) >= 11 is 6.13. The monoisotopic (exact) mass is 301 g/mol. The maximum absolute atomic E-state index is 6.13. The average molecular weight is 302 g/mol. The van der Waals surface area contributed by atoms with Crippen LogP contribution in [0.15, 0.2) is 36.4 Å². The highest BCUT2D eigenvalue weighted by atomic mass is 35.5. The van der Waals surface area contributed by atoms with E-state index in [1.54, 1.807) is 0 Å². The van der Waals surface area contributed by atoms with E-state index in [1.165, 1.54) is 16.7 Å². The summed E-state index contributed by atoms with van der Waals surface area (Å²) in [5.41, 5.74) is 4.89. The lowest BCUT2D eigenvalue weighted by Gasteiger charge is -2.19. The lowest BCUT2D eigenvalue weighted by Crippen LogP contribution is -2.17. The van der Waals surface area contributed by atoms with Gasteiger partial charge in [0, 0.05) is 11.4 Å². The first kappa shape index (κ1) is 14.4. The number of nitrogens with one attached hydrogen (secondary N) is 1. The normalized spacial score (nSPS) is 18.2. The summed E-state index contributed by atoms with van der Waals surface area (Å²) in [6.07, 6.45) is 1.26. The molecule has 3 rings (SSSR count). The summed E-state index contributed by atoms with van der Waals surface area (Å²) in [5.74, 6) is 1.02. The van der Waals surface area contributed by atoms with Gasteiger partial charge in [-0.15, -0.1) is 0 Å². The first-order valence-corrected chi connectivity index (χ1v) is 7.69. The van der Waals surface area contributed by atoms with Crippen LogP contribution in [0.3, 0.4) is 0 Å². The second kappa shape index (κ2) is 5.70. The van der Waals surface area contributed by atoms with E-state index in [4.69, 9.17) is 16.3 Å². The number of halogens is 1. The van der Waals surface area contributed by atoms with Crippen LogP contribution in [-0.4, -0.2) is 13.2 Å². The number of hydrogen-bond acceptors (Lipinski definition) is 2. The second-order valence-electron chi connectivity index (χ2n) is 5.73. The molecule has 0 amide bonds. The van der Waals surface area contributed by atoms with Crippen molar-refractivity contribution in [2.45, 2.75) is 32.4 Å². The number of aryl methyl sites for hydroxylation is 1. The molecule has 0 saturated carbocycles. The molecule has 0 saturated heterocycles. The van der Waals surface area contributed by atoms with E-state index in [0.717, 1.165) is 22.8 Å². The molecule has 2 unspecified atom stereocenters. The molecule has 0 spiro atoms. The Labute approximate surface area is 131 Å². The van der Waals surface area contributed by atoms with Gasteiger partial charge >= 0.3 is 0 Å². The van der Waals surface area contributed by atoms with Crippen LogP contribution in [0.4, 0.5) is 0 Å². The van der Waals surface area contributed by atoms with Crippen molar-refractivity contribution < 1.29 is 4.74 Å². The highest BCUT2D eigenvalue weighted by Gasteiger charge is 2.21. The molecule has 0 aromatic heterocycles. The van der Waals surface area contributed by atoms with Crippen molar-refractivity contribution in [3.05, 3.63) is 63.7 Å². The zero-order valence-corrected chi connectivity index (χ0v) is 13.4. The predicted octanol–water partition coefficient (Wildman–Crippen LogP) is 4.28. The fourth-order valence-corrected chi connectivity index (χ4v) is 3.11. The van der Waals surface area contributed by atoms with Gasteiger partial charge in [0.05, 0.1) is 6.04 Å². The van der Waals surface area contributed by atoms with Crippen LogP contribution in [0.5, 0.6) is 5.75 Å². The Morgan fingerprint density at radius 1 is 1.19 bits per heavy atom. The van der Waals surface area contributed by atoms with Crippen molar-refractivity contribution in [3.63, 3.8) is 0 Å². The van der Waals surface area contributed by atoms with Crippen molar-refractivity contribution in [3.8, 4) is 5.75 Å². The summed E-state index contributed by atoms with van der Waals surface area (Å²) < 4.78 is 5.78. The number of ether oxygens (including phenoxy) is 1. The van der Waals surface area contributed by atoms with Crippen LogP contribution in [0.2, 0.25) is 5.02 Å². The largest absolute Gasteiger partial charge is 0.490 e. The fourth-order valence-electron chi connectivity index (χ4n) is 2.99. The minimum atomic E-state index is 0.169. The molecule has 2 aromatic carbocycles.